The number of rotatable bonds is 32. The Morgan fingerprint density at radius 1 is 0.527 bits per heavy atom. The molecule has 0 aliphatic carbocycles. The fraction of sp³-hybridized carbons (Fsp3) is 0.617. The molecule has 3 aromatic carbocycles. The first kappa shape index (κ1) is 45.4. The molecule has 0 bridgehead atoms. The molecular weight excluding hydrogens is 707 g/mol. The maximum absolute atomic E-state index is 13.5. The molecule has 1 aliphatic heterocycles. The number of hydrogen-bond acceptors (Lipinski definition) is 6. The van der Waals surface area contributed by atoms with Crippen LogP contribution in [-0.2, 0) is 47.9 Å². The van der Waals surface area contributed by atoms with Gasteiger partial charge in [0.1, 0.15) is 18.3 Å². The van der Waals surface area contributed by atoms with Crippen LogP contribution >= 0.6 is 7.60 Å². The second-order valence-electron chi connectivity index (χ2n) is 15.4. The highest BCUT2D eigenvalue weighted by molar-refractivity contribution is 7.52. The van der Waals surface area contributed by atoms with Crippen molar-refractivity contribution in [3.63, 3.8) is 0 Å². The summed E-state index contributed by atoms with van der Waals surface area (Å²) < 4.78 is 44.8. The minimum absolute atomic E-state index is 0.175. The monoisotopic (exact) mass is 778 g/mol. The summed E-state index contributed by atoms with van der Waals surface area (Å²) in [5.41, 5.74) is 3.09. The third kappa shape index (κ3) is 19.6. The lowest BCUT2D eigenvalue weighted by atomic mass is 10.0. The van der Waals surface area contributed by atoms with Crippen molar-refractivity contribution < 1.29 is 32.9 Å². The number of ether oxygens (including phenoxy) is 4. The van der Waals surface area contributed by atoms with Crippen molar-refractivity contribution in [1.29, 1.82) is 0 Å². The molecule has 7 nitrogen and oxygen atoms in total. The molecule has 4 rings (SSSR count). The normalized spacial score (nSPS) is 19.5. The van der Waals surface area contributed by atoms with Gasteiger partial charge in [-0.2, -0.15) is 0 Å². The third-order valence-electron chi connectivity index (χ3n) is 10.6. The van der Waals surface area contributed by atoms with Crippen LogP contribution < -0.4 is 0 Å². The molecule has 0 radical (unpaired) electrons. The number of unbranched alkanes of at least 4 members (excludes halogenated alkanes) is 17. The van der Waals surface area contributed by atoms with E-state index < -0.39 is 32.0 Å². The molecule has 5 atom stereocenters. The number of hydrogen-bond donors (Lipinski definition) is 1. The first-order valence-electron chi connectivity index (χ1n) is 21.6. The third-order valence-corrected chi connectivity index (χ3v) is 12.0. The fourth-order valence-corrected chi connectivity index (χ4v) is 8.65. The SMILES string of the molecule is CCCCCCCCCCCCCCCCCCCCOP(=O)(O)C[C@@H]1O[C@H](COCc2ccccc2)[C@@H](OCc2ccccc2)[C@@H]1OCc1ccccc1. The molecule has 1 fully saturated rings. The highest BCUT2D eigenvalue weighted by atomic mass is 31.2. The van der Waals surface area contributed by atoms with E-state index in [2.05, 4.69) is 6.92 Å². The van der Waals surface area contributed by atoms with Crippen LogP contribution in [-0.4, -0.2) is 48.7 Å². The fourth-order valence-electron chi connectivity index (χ4n) is 7.38. The summed E-state index contributed by atoms with van der Waals surface area (Å²) in [6.07, 6.45) is 20.9. The van der Waals surface area contributed by atoms with Gasteiger partial charge in [0.2, 0.25) is 0 Å². The molecule has 1 unspecified atom stereocenters. The van der Waals surface area contributed by atoms with Crippen molar-refractivity contribution in [2.24, 2.45) is 0 Å². The van der Waals surface area contributed by atoms with E-state index in [1.165, 1.54) is 96.3 Å². The zero-order valence-electron chi connectivity index (χ0n) is 33.8. The van der Waals surface area contributed by atoms with E-state index in [1.54, 1.807) is 0 Å². The summed E-state index contributed by atoms with van der Waals surface area (Å²) in [4.78, 5) is 11.1. The van der Waals surface area contributed by atoms with Crippen molar-refractivity contribution in [3.05, 3.63) is 108 Å². The summed E-state index contributed by atoms with van der Waals surface area (Å²) >= 11 is 0. The van der Waals surface area contributed by atoms with Gasteiger partial charge >= 0.3 is 7.60 Å². The van der Waals surface area contributed by atoms with E-state index in [4.69, 9.17) is 23.5 Å². The molecule has 1 aliphatic rings. The molecule has 8 heteroatoms. The average Bonchev–Trinajstić information content (AvgIpc) is 3.52. The van der Waals surface area contributed by atoms with Crippen molar-refractivity contribution in [3.8, 4) is 0 Å². The average molecular weight is 779 g/mol. The van der Waals surface area contributed by atoms with E-state index >= 15 is 0 Å². The number of benzene rings is 3. The molecule has 0 saturated carbocycles. The van der Waals surface area contributed by atoms with Crippen molar-refractivity contribution in [2.75, 3.05) is 19.4 Å². The van der Waals surface area contributed by atoms with Crippen LogP contribution in [0.2, 0.25) is 0 Å². The summed E-state index contributed by atoms with van der Waals surface area (Å²) in [5.74, 6) is 0. The highest BCUT2D eigenvalue weighted by Crippen LogP contribution is 2.46. The maximum Gasteiger partial charge on any atom is 0.330 e. The Morgan fingerprint density at radius 3 is 1.35 bits per heavy atom. The zero-order chi connectivity index (χ0) is 38.7. The summed E-state index contributed by atoms with van der Waals surface area (Å²) in [6.45, 7) is 3.90. The lowest BCUT2D eigenvalue weighted by Crippen LogP contribution is -2.40. The Morgan fingerprint density at radius 2 is 0.909 bits per heavy atom. The van der Waals surface area contributed by atoms with Crippen LogP contribution in [0.4, 0.5) is 0 Å². The van der Waals surface area contributed by atoms with E-state index in [0.29, 0.717) is 19.8 Å². The van der Waals surface area contributed by atoms with Gasteiger partial charge < -0.3 is 28.4 Å². The molecule has 55 heavy (non-hydrogen) atoms. The predicted octanol–water partition coefficient (Wildman–Crippen LogP) is 12.4. The van der Waals surface area contributed by atoms with Crippen LogP contribution in [0.1, 0.15) is 139 Å². The molecule has 3 aromatic rings. The predicted molar refractivity (Wildman–Crippen MR) is 224 cm³/mol. The minimum Gasteiger partial charge on any atom is -0.374 e. The maximum atomic E-state index is 13.5. The topological polar surface area (TPSA) is 83.5 Å². The first-order chi connectivity index (χ1) is 27.0. The van der Waals surface area contributed by atoms with Crippen LogP contribution in [0, 0.1) is 0 Å². The molecule has 306 valence electrons. The van der Waals surface area contributed by atoms with E-state index in [0.717, 1.165) is 36.0 Å². The Bertz CT molecular complexity index is 1390. The summed E-state index contributed by atoms with van der Waals surface area (Å²) in [7, 11) is -3.97. The Hall–Kier alpha value is -2.35. The van der Waals surface area contributed by atoms with Crippen LogP contribution in [0.15, 0.2) is 91.0 Å². The van der Waals surface area contributed by atoms with Gasteiger partial charge in [0.15, 0.2) is 0 Å². The van der Waals surface area contributed by atoms with Gasteiger partial charge in [0, 0.05) is 0 Å². The van der Waals surface area contributed by atoms with E-state index in [-0.39, 0.29) is 19.4 Å². The van der Waals surface area contributed by atoms with Crippen LogP contribution in [0.5, 0.6) is 0 Å². The largest absolute Gasteiger partial charge is 0.374 e. The van der Waals surface area contributed by atoms with E-state index in [9.17, 15) is 9.46 Å². The standard InChI is InChI=1S/C47H71O7P/c1-2-3-4-5-6-7-8-9-10-11-12-13-14-15-16-17-18-28-35-53-55(48,49)40-45-47(52-38-43-33-26-21-27-34-43)46(51-37-42-31-24-20-25-32-42)44(54-45)39-50-36-41-29-22-19-23-30-41/h19-27,29-34,44-47H,2-18,28,35-40H2,1H3,(H,48,49)/t44-,45+,46-,47-/m1/s1. The quantitative estimate of drug-likeness (QED) is 0.0499. The van der Waals surface area contributed by atoms with Crippen molar-refractivity contribution in [2.45, 2.75) is 167 Å². The van der Waals surface area contributed by atoms with Crippen LogP contribution in [0.25, 0.3) is 0 Å². The molecule has 1 N–H and O–H groups in total. The molecule has 0 aromatic heterocycles. The van der Waals surface area contributed by atoms with Gasteiger partial charge in [-0.3, -0.25) is 4.57 Å². The van der Waals surface area contributed by atoms with Crippen LogP contribution in [0.3, 0.4) is 0 Å². The Kier molecular flexibility index (Phi) is 23.2. The van der Waals surface area contributed by atoms with E-state index in [1.807, 2.05) is 91.0 Å². The Labute approximate surface area is 333 Å². The minimum atomic E-state index is -3.97. The van der Waals surface area contributed by atoms with Gasteiger partial charge in [-0.25, -0.2) is 0 Å². The summed E-state index contributed by atoms with van der Waals surface area (Å²) in [5, 5.41) is 0. The van der Waals surface area contributed by atoms with Gasteiger partial charge in [-0.15, -0.1) is 0 Å². The first-order valence-corrected chi connectivity index (χ1v) is 23.3. The molecule has 0 amide bonds. The van der Waals surface area contributed by atoms with Gasteiger partial charge in [-0.05, 0) is 23.1 Å². The van der Waals surface area contributed by atoms with Gasteiger partial charge in [0.05, 0.1) is 45.3 Å². The second kappa shape index (κ2) is 28.1. The molecule has 1 heterocycles. The lowest BCUT2D eigenvalue weighted by molar-refractivity contribution is -0.0897. The smallest absolute Gasteiger partial charge is 0.330 e. The van der Waals surface area contributed by atoms with Crippen molar-refractivity contribution in [1.82, 2.24) is 0 Å². The molecule has 1 saturated heterocycles. The van der Waals surface area contributed by atoms with Gasteiger partial charge in [-0.1, -0.05) is 207 Å². The zero-order valence-corrected chi connectivity index (χ0v) is 34.7. The van der Waals surface area contributed by atoms with Crippen molar-refractivity contribution >= 4 is 7.60 Å². The second-order valence-corrected chi connectivity index (χ2v) is 17.3. The highest BCUT2D eigenvalue weighted by Gasteiger charge is 2.49. The summed E-state index contributed by atoms with van der Waals surface area (Å²) in [6, 6.07) is 29.9. The van der Waals surface area contributed by atoms with Gasteiger partial charge in [0.25, 0.3) is 0 Å². The molecular formula is C47H71O7P. The Balaban J connectivity index is 1.18. The lowest BCUT2D eigenvalue weighted by Gasteiger charge is -2.26. The molecule has 0 spiro atoms.